The number of ether oxygens (including phenoxy) is 2. The molecule has 2 aromatic carbocycles. The van der Waals surface area contributed by atoms with Crippen molar-refractivity contribution < 1.29 is 9.47 Å². The second-order valence-corrected chi connectivity index (χ2v) is 9.00. The van der Waals surface area contributed by atoms with Crippen molar-refractivity contribution in [2.45, 2.75) is 38.6 Å². The van der Waals surface area contributed by atoms with Gasteiger partial charge in [0.25, 0.3) is 5.56 Å². The Kier molecular flexibility index (Phi) is 5.95. The fourth-order valence-electron chi connectivity index (χ4n) is 4.34. The van der Waals surface area contributed by atoms with Crippen LogP contribution in [0.4, 0.5) is 0 Å². The quantitative estimate of drug-likeness (QED) is 0.353. The zero-order valence-corrected chi connectivity index (χ0v) is 19.0. The van der Waals surface area contributed by atoms with Gasteiger partial charge in [0.1, 0.15) is 16.3 Å². The number of aryl methyl sites for hydroxylation is 3. The number of rotatable bonds is 7. The van der Waals surface area contributed by atoms with Gasteiger partial charge < -0.3 is 9.47 Å². The second kappa shape index (κ2) is 9.17. The number of benzene rings is 2. The van der Waals surface area contributed by atoms with E-state index in [2.05, 4.69) is 28.6 Å². The molecular formula is C26H26N2O3S. The summed E-state index contributed by atoms with van der Waals surface area (Å²) in [5.74, 6) is 1.59. The lowest BCUT2D eigenvalue weighted by molar-refractivity contribution is 0.300. The fourth-order valence-corrected chi connectivity index (χ4v) is 5.24. The Labute approximate surface area is 191 Å². The van der Waals surface area contributed by atoms with Gasteiger partial charge >= 0.3 is 0 Å². The zero-order chi connectivity index (χ0) is 21.9. The molecule has 0 fully saturated rings. The third-order valence-electron chi connectivity index (χ3n) is 6.09. The molecule has 0 saturated carbocycles. The molecule has 1 aliphatic carbocycles. The monoisotopic (exact) mass is 446 g/mol. The second-order valence-electron chi connectivity index (χ2n) is 8.14. The summed E-state index contributed by atoms with van der Waals surface area (Å²) in [5, 5.41) is 2.80. The first-order chi connectivity index (χ1) is 15.7. The molecule has 5 rings (SSSR count). The Balaban J connectivity index is 1.33. The standard InChI is InChI=1S/C26H26N2O3S/c1-30-21-9-11-22(12-10-21)31-14-4-13-28-17-27-25-24(26(28)29)23(16-32-25)20-8-7-18-5-2-3-6-19(18)15-20/h7-12,15-17H,2-6,13-14H2,1H3. The predicted octanol–water partition coefficient (Wildman–Crippen LogP) is 5.48. The molecule has 2 heterocycles. The van der Waals surface area contributed by atoms with Crippen molar-refractivity contribution in [3.05, 3.63) is 75.7 Å². The summed E-state index contributed by atoms with van der Waals surface area (Å²) in [6.45, 7) is 1.09. The Morgan fingerprint density at radius 3 is 2.62 bits per heavy atom. The molecule has 5 nitrogen and oxygen atoms in total. The Morgan fingerprint density at radius 2 is 1.81 bits per heavy atom. The van der Waals surface area contributed by atoms with Gasteiger partial charge in [-0.25, -0.2) is 4.98 Å². The molecular weight excluding hydrogens is 420 g/mol. The topological polar surface area (TPSA) is 53.4 Å². The van der Waals surface area contributed by atoms with Crippen molar-refractivity contribution in [2.75, 3.05) is 13.7 Å². The van der Waals surface area contributed by atoms with Crippen LogP contribution in [0.5, 0.6) is 11.5 Å². The van der Waals surface area contributed by atoms with E-state index in [1.165, 1.54) is 35.3 Å². The summed E-state index contributed by atoms with van der Waals surface area (Å²) in [5.41, 5.74) is 5.02. The van der Waals surface area contributed by atoms with Crippen LogP contribution in [-0.2, 0) is 19.4 Å². The average Bonchev–Trinajstić information content (AvgIpc) is 3.28. The van der Waals surface area contributed by atoms with Gasteiger partial charge in [0.2, 0.25) is 0 Å². The maximum Gasteiger partial charge on any atom is 0.262 e. The molecule has 32 heavy (non-hydrogen) atoms. The lowest BCUT2D eigenvalue weighted by Gasteiger charge is -2.16. The summed E-state index contributed by atoms with van der Waals surface area (Å²) >= 11 is 1.54. The highest BCUT2D eigenvalue weighted by molar-refractivity contribution is 7.17. The molecule has 164 valence electrons. The van der Waals surface area contributed by atoms with Crippen LogP contribution in [-0.4, -0.2) is 23.3 Å². The van der Waals surface area contributed by atoms with E-state index in [0.29, 0.717) is 13.2 Å². The van der Waals surface area contributed by atoms with Gasteiger partial charge in [-0.3, -0.25) is 9.36 Å². The molecule has 0 aliphatic heterocycles. The lowest BCUT2D eigenvalue weighted by Crippen LogP contribution is -2.21. The van der Waals surface area contributed by atoms with E-state index in [9.17, 15) is 4.79 Å². The number of aromatic nitrogens is 2. The molecule has 0 N–H and O–H groups in total. The predicted molar refractivity (Wildman–Crippen MR) is 129 cm³/mol. The van der Waals surface area contributed by atoms with E-state index in [0.717, 1.165) is 52.1 Å². The first-order valence-electron chi connectivity index (χ1n) is 11.1. The van der Waals surface area contributed by atoms with Crippen LogP contribution in [0.3, 0.4) is 0 Å². The maximum atomic E-state index is 13.3. The van der Waals surface area contributed by atoms with Crippen LogP contribution >= 0.6 is 11.3 Å². The summed E-state index contributed by atoms with van der Waals surface area (Å²) in [7, 11) is 1.64. The third kappa shape index (κ3) is 4.15. The van der Waals surface area contributed by atoms with Crippen LogP contribution in [0, 0.1) is 0 Å². The van der Waals surface area contributed by atoms with Crippen LogP contribution in [0.2, 0.25) is 0 Å². The molecule has 0 radical (unpaired) electrons. The minimum atomic E-state index is 0.0217. The van der Waals surface area contributed by atoms with Crippen molar-refractivity contribution in [3.8, 4) is 22.6 Å². The van der Waals surface area contributed by atoms with E-state index in [-0.39, 0.29) is 5.56 Å². The van der Waals surface area contributed by atoms with Gasteiger partial charge in [-0.15, -0.1) is 11.3 Å². The molecule has 1 aliphatic rings. The maximum absolute atomic E-state index is 13.3. The summed E-state index contributed by atoms with van der Waals surface area (Å²) in [4.78, 5) is 18.6. The number of methoxy groups -OCH3 is 1. The normalized spacial score (nSPS) is 13.2. The third-order valence-corrected chi connectivity index (χ3v) is 6.98. The smallest absolute Gasteiger partial charge is 0.262 e. The van der Waals surface area contributed by atoms with Crippen LogP contribution in [0.1, 0.15) is 30.4 Å². The van der Waals surface area contributed by atoms with Gasteiger partial charge in [-0.2, -0.15) is 0 Å². The highest BCUT2D eigenvalue weighted by Crippen LogP contribution is 2.33. The molecule has 2 aromatic heterocycles. The van der Waals surface area contributed by atoms with Crippen LogP contribution in [0.25, 0.3) is 21.3 Å². The van der Waals surface area contributed by atoms with E-state index < -0.39 is 0 Å². The average molecular weight is 447 g/mol. The number of thiophene rings is 1. The van der Waals surface area contributed by atoms with Crippen molar-refractivity contribution in [2.24, 2.45) is 0 Å². The number of hydrogen-bond donors (Lipinski definition) is 0. The van der Waals surface area contributed by atoms with E-state index >= 15 is 0 Å². The Bertz CT molecular complexity index is 1290. The first kappa shape index (κ1) is 20.8. The summed E-state index contributed by atoms with van der Waals surface area (Å²) in [6.07, 6.45) is 7.18. The Hall–Kier alpha value is -3.12. The molecule has 4 aromatic rings. The number of hydrogen-bond acceptors (Lipinski definition) is 5. The van der Waals surface area contributed by atoms with Crippen LogP contribution in [0.15, 0.2) is 59.0 Å². The lowest BCUT2D eigenvalue weighted by atomic mass is 9.89. The number of fused-ring (bicyclic) bond motifs is 2. The first-order valence-corrected chi connectivity index (χ1v) is 12.0. The zero-order valence-electron chi connectivity index (χ0n) is 18.2. The SMILES string of the molecule is COc1ccc(OCCCn2cnc3scc(-c4ccc5c(c4)CCCC5)c3c2=O)cc1. The van der Waals surface area contributed by atoms with Gasteiger partial charge in [0, 0.05) is 17.5 Å². The van der Waals surface area contributed by atoms with Crippen molar-refractivity contribution in [1.29, 1.82) is 0 Å². The van der Waals surface area contributed by atoms with Crippen molar-refractivity contribution >= 4 is 21.6 Å². The van der Waals surface area contributed by atoms with Crippen molar-refractivity contribution in [1.82, 2.24) is 9.55 Å². The van der Waals surface area contributed by atoms with Gasteiger partial charge in [0.05, 0.1) is 25.4 Å². The minimum Gasteiger partial charge on any atom is -0.497 e. The molecule has 0 bridgehead atoms. The summed E-state index contributed by atoms with van der Waals surface area (Å²) in [6, 6.07) is 14.2. The van der Waals surface area contributed by atoms with E-state index in [1.807, 2.05) is 24.3 Å². The fraction of sp³-hybridized carbons (Fsp3) is 0.308. The van der Waals surface area contributed by atoms with E-state index in [4.69, 9.17) is 9.47 Å². The van der Waals surface area contributed by atoms with Gasteiger partial charge in [-0.05, 0) is 73.1 Å². The summed E-state index contributed by atoms with van der Waals surface area (Å²) < 4.78 is 12.7. The molecule has 0 atom stereocenters. The van der Waals surface area contributed by atoms with Crippen LogP contribution < -0.4 is 15.0 Å². The van der Waals surface area contributed by atoms with E-state index in [1.54, 1.807) is 18.0 Å². The molecule has 0 amide bonds. The number of nitrogens with zero attached hydrogens (tertiary/aromatic N) is 2. The molecule has 0 saturated heterocycles. The molecule has 0 unspecified atom stereocenters. The van der Waals surface area contributed by atoms with Gasteiger partial charge in [-0.1, -0.05) is 18.2 Å². The highest BCUT2D eigenvalue weighted by atomic mass is 32.1. The minimum absolute atomic E-state index is 0.0217. The molecule has 6 heteroatoms. The van der Waals surface area contributed by atoms with Gasteiger partial charge in [0.15, 0.2) is 0 Å². The van der Waals surface area contributed by atoms with Crippen molar-refractivity contribution in [3.63, 3.8) is 0 Å². The molecule has 0 spiro atoms. The Morgan fingerprint density at radius 1 is 1.03 bits per heavy atom. The largest absolute Gasteiger partial charge is 0.497 e. The highest BCUT2D eigenvalue weighted by Gasteiger charge is 2.16.